The Kier molecular flexibility index (Phi) is 5.01. The lowest BCUT2D eigenvalue weighted by atomic mass is 9.83. The minimum absolute atomic E-state index is 0.108. The number of piperidine rings is 1. The molecule has 1 amide bonds. The predicted molar refractivity (Wildman–Crippen MR) is 126 cm³/mol. The van der Waals surface area contributed by atoms with Crippen molar-refractivity contribution in [2.24, 2.45) is 0 Å². The van der Waals surface area contributed by atoms with Crippen molar-refractivity contribution in [3.63, 3.8) is 0 Å². The highest BCUT2D eigenvalue weighted by Crippen LogP contribution is 2.44. The molecular formula is C26H28ClN3O2. The number of likely N-dealkylation sites (tertiary alicyclic amines) is 1. The number of ether oxygens (including phenoxy) is 1. The summed E-state index contributed by atoms with van der Waals surface area (Å²) in [4.78, 5) is 15.6. The second kappa shape index (κ2) is 7.91. The number of rotatable bonds is 3. The van der Waals surface area contributed by atoms with Gasteiger partial charge in [-0.15, -0.1) is 0 Å². The zero-order valence-electron chi connectivity index (χ0n) is 18.1. The lowest BCUT2D eigenvalue weighted by Gasteiger charge is -2.39. The van der Waals surface area contributed by atoms with Gasteiger partial charge in [0.2, 0.25) is 0 Å². The van der Waals surface area contributed by atoms with Gasteiger partial charge in [0.05, 0.1) is 23.3 Å². The van der Waals surface area contributed by atoms with Crippen LogP contribution in [0.2, 0.25) is 5.02 Å². The molecule has 1 aromatic heterocycles. The van der Waals surface area contributed by atoms with Gasteiger partial charge in [0.1, 0.15) is 0 Å². The summed E-state index contributed by atoms with van der Waals surface area (Å²) in [5.74, 6) is 0.108. The molecular weight excluding hydrogens is 422 g/mol. The van der Waals surface area contributed by atoms with Gasteiger partial charge in [-0.3, -0.25) is 4.79 Å². The largest absolute Gasteiger partial charge is 0.365 e. The van der Waals surface area contributed by atoms with Gasteiger partial charge in [-0.2, -0.15) is 0 Å². The molecule has 2 fully saturated rings. The van der Waals surface area contributed by atoms with Gasteiger partial charge >= 0.3 is 0 Å². The van der Waals surface area contributed by atoms with Crippen LogP contribution in [0.1, 0.15) is 47.2 Å². The van der Waals surface area contributed by atoms with Crippen LogP contribution < -0.4 is 5.32 Å². The van der Waals surface area contributed by atoms with Crippen LogP contribution in [0.3, 0.4) is 0 Å². The van der Waals surface area contributed by atoms with Crippen LogP contribution in [0.15, 0.2) is 48.7 Å². The maximum Gasteiger partial charge on any atom is 0.256 e. The van der Waals surface area contributed by atoms with E-state index in [4.69, 9.17) is 16.3 Å². The third-order valence-corrected chi connectivity index (χ3v) is 7.76. The Morgan fingerprint density at radius 3 is 2.84 bits per heavy atom. The Bertz CT molecular complexity index is 1170. The molecule has 3 aliphatic rings. The summed E-state index contributed by atoms with van der Waals surface area (Å²) in [5, 5.41) is 5.25. The summed E-state index contributed by atoms with van der Waals surface area (Å²) in [6.07, 6.45) is 6.09. The molecule has 1 atom stereocenters. The fourth-order valence-corrected chi connectivity index (χ4v) is 5.94. The fraction of sp³-hybridized carbons (Fsp3) is 0.423. The second-order valence-electron chi connectivity index (χ2n) is 9.38. The molecule has 0 aliphatic carbocycles. The molecule has 166 valence electrons. The van der Waals surface area contributed by atoms with E-state index < -0.39 is 0 Å². The fourth-order valence-electron chi connectivity index (χ4n) is 5.78. The highest BCUT2D eigenvalue weighted by molar-refractivity contribution is 6.31. The Morgan fingerprint density at radius 2 is 2.03 bits per heavy atom. The third-order valence-electron chi connectivity index (χ3n) is 7.52. The first-order valence-corrected chi connectivity index (χ1v) is 12.0. The zero-order valence-corrected chi connectivity index (χ0v) is 18.9. The molecule has 2 saturated heterocycles. The van der Waals surface area contributed by atoms with Gasteiger partial charge in [-0.25, -0.2) is 0 Å². The maximum atomic E-state index is 13.6. The van der Waals surface area contributed by atoms with Crippen LogP contribution in [-0.2, 0) is 23.5 Å². The maximum absolute atomic E-state index is 13.6. The van der Waals surface area contributed by atoms with Gasteiger partial charge in [0.25, 0.3) is 5.91 Å². The molecule has 4 heterocycles. The number of carbonyl (C=O) groups is 1. The van der Waals surface area contributed by atoms with Gasteiger partial charge < -0.3 is 19.5 Å². The summed E-state index contributed by atoms with van der Waals surface area (Å²) in [6.45, 7) is 4.01. The Hall–Kier alpha value is -2.34. The summed E-state index contributed by atoms with van der Waals surface area (Å²) >= 11 is 6.32. The van der Waals surface area contributed by atoms with E-state index in [9.17, 15) is 4.79 Å². The van der Waals surface area contributed by atoms with Crippen LogP contribution in [0.4, 0.5) is 0 Å². The lowest BCUT2D eigenvalue weighted by Crippen LogP contribution is -2.45. The van der Waals surface area contributed by atoms with Crippen LogP contribution in [-0.4, -0.2) is 41.1 Å². The molecule has 1 N–H and O–H groups in total. The lowest BCUT2D eigenvalue weighted by molar-refractivity contribution is -0.0741. The zero-order chi connectivity index (χ0) is 21.7. The van der Waals surface area contributed by atoms with Crippen molar-refractivity contribution in [3.8, 4) is 0 Å². The predicted octanol–water partition coefficient (Wildman–Crippen LogP) is 4.71. The van der Waals surface area contributed by atoms with E-state index >= 15 is 0 Å². The minimum atomic E-state index is -0.233. The molecule has 2 aromatic carbocycles. The van der Waals surface area contributed by atoms with Crippen molar-refractivity contribution in [3.05, 3.63) is 70.4 Å². The third kappa shape index (κ3) is 3.35. The standard InChI is InChI=1S/C26H28ClN3O2/c27-19-7-8-21-22(16-30(24(21)14-19)15-20-5-3-11-28-20)25(31)29-12-9-26(10-13-29)23-6-2-1-4-18(23)17-32-26/h1-2,4,6-8,14,16,20,28H,3,5,9-13,15,17H2/t20-/m1/s1. The molecule has 0 bridgehead atoms. The van der Waals surface area contributed by atoms with E-state index in [-0.39, 0.29) is 11.5 Å². The summed E-state index contributed by atoms with van der Waals surface area (Å²) < 4.78 is 8.49. The molecule has 3 aromatic rings. The monoisotopic (exact) mass is 449 g/mol. The van der Waals surface area contributed by atoms with E-state index in [0.29, 0.717) is 30.8 Å². The van der Waals surface area contributed by atoms with E-state index in [0.717, 1.165) is 42.4 Å². The number of nitrogens with zero attached hydrogens (tertiary/aromatic N) is 2. The molecule has 0 radical (unpaired) electrons. The number of fused-ring (bicyclic) bond motifs is 3. The van der Waals surface area contributed by atoms with Gasteiger partial charge in [-0.05, 0) is 55.5 Å². The summed E-state index contributed by atoms with van der Waals surface area (Å²) in [6, 6.07) is 14.8. The second-order valence-corrected chi connectivity index (χ2v) is 9.82. The van der Waals surface area contributed by atoms with Crippen molar-refractivity contribution >= 4 is 28.4 Å². The van der Waals surface area contributed by atoms with Gasteiger partial charge in [-0.1, -0.05) is 41.9 Å². The number of aromatic nitrogens is 1. The van der Waals surface area contributed by atoms with Crippen molar-refractivity contribution in [2.75, 3.05) is 19.6 Å². The van der Waals surface area contributed by atoms with Crippen molar-refractivity contribution in [1.29, 1.82) is 0 Å². The topological polar surface area (TPSA) is 46.5 Å². The molecule has 0 unspecified atom stereocenters. The number of nitrogens with one attached hydrogen (secondary N) is 1. The van der Waals surface area contributed by atoms with Gasteiger partial charge in [0, 0.05) is 42.3 Å². The minimum Gasteiger partial charge on any atom is -0.365 e. The molecule has 6 rings (SSSR count). The smallest absolute Gasteiger partial charge is 0.256 e. The van der Waals surface area contributed by atoms with E-state index in [1.807, 2.05) is 29.3 Å². The highest BCUT2D eigenvalue weighted by Gasteiger charge is 2.43. The Labute approximate surface area is 193 Å². The first kappa shape index (κ1) is 20.3. The first-order chi connectivity index (χ1) is 15.6. The number of benzene rings is 2. The van der Waals surface area contributed by atoms with Crippen molar-refractivity contribution in [1.82, 2.24) is 14.8 Å². The van der Waals surface area contributed by atoms with Crippen LogP contribution in [0.5, 0.6) is 0 Å². The molecule has 1 spiro atoms. The number of halogens is 1. The molecule has 5 nitrogen and oxygen atoms in total. The molecule has 6 heteroatoms. The summed E-state index contributed by atoms with van der Waals surface area (Å²) in [7, 11) is 0. The van der Waals surface area contributed by atoms with Crippen LogP contribution in [0.25, 0.3) is 10.9 Å². The SMILES string of the molecule is O=C(c1cn(C[C@H]2CCCN2)c2cc(Cl)ccc12)N1CCC2(CC1)OCc1ccccc12. The van der Waals surface area contributed by atoms with Crippen molar-refractivity contribution < 1.29 is 9.53 Å². The van der Waals surface area contributed by atoms with E-state index in [2.05, 4.69) is 34.1 Å². The summed E-state index contributed by atoms with van der Waals surface area (Å²) in [5.41, 5.74) is 4.17. The molecule has 32 heavy (non-hydrogen) atoms. The normalized spacial score (nSPS) is 22.0. The number of hydrogen-bond acceptors (Lipinski definition) is 3. The van der Waals surface area contributed by atoms with Crippen LogP contribution >= 0.6 is 11.6 Å². The highest BCUT2D eigenvalue weighted by atomic mass is 35.5. The molecule has 3 aliphatic heterocycles. The van der Waals surface area contributed by atoms with Gasteiger partial charge in [0.15, 0.2) is 0 Å². The average Bonchev–Trinajstić information content (AvgIpc) is 3.54. The van der Waals surface area contributed by atoms with E-state index in [1.165, 1.54) is 24.0 Å². The quantitative estimate of drug-likeness (QED) is 0.630. The Morgan fingerprint density at radius 1 is 1.19 bits per heavy atom. The molecule has 0 saturated carbocycles. The average molecular weight is 450 g/mol. The number of amides is 1. The van der Waals surface area contributed by atoms with E-state index in [1.54, 1.807) is 0 Å². The van der Waals surface area contributed by atoms with Crippen molar-refractivity contribution in [2.45, 2.75) is 50.5 Å². The number of carbonyl (C=O) groups excluding carboxylic acids is 1. The first-order valence-electron chi connectivity index (χ1n) is 11.7. The Balaban J connectivity index is 1.26. The number of hydrogen-bond donors (Lipinski definition) is 1. The van der Waals surface area contributed by atoms with Crippen LogP contribution in [0, 0.1) is 0 Å².